The Labute approximate surface area is 101 Å². The average molecular weight is 257 g/mol. The van der Waals surface area contributed by atoms with Gasteiger partial charge in [-0.05, 0) is 29.6 Å². The molecule has 0 unspecified atom stereocenters. The standard InChI is InChI=1S/C11H16FNOSSi/c1-16(2,3)8-15-11(14)13-10-6-4-9(12)5-7-10/h4-7H,8H2,1-3H3,(H,13,14). The van der Waals surface area contributed by atoms with Gasteiger partial charge in [-0.1, -0.05) is 31.4 Å². The highest BCUT2D eigenvalue weighted by Crippen LogP contribution is 2.16. The quantitative estimate of drug-likeness (QED) is 0.830. The Hall–Kier alpha value is -0.813. The SMILES string of the molecule is C[Si](C)(C)CSC(=O)Nc1ccc(F)cc1. The first-order valence-electron chi connectivity index (χ1n) is 5.06. The Morgan fingerprint density at radius 2 is 1.88 bits per heavy atom. The van der Waals surface area contributed by atoms with Gasteiger partial charge in [0.15, 0.2) is 0 Å². The summed E-state index contributed by atoms with van der Waals surface area (Å²) in [7, 11) is -1.20. The summed E-state index contributed by atoms with van der Waals surface area (Å²) in [6.45, 7) is 6.64. The number of carbonyl (C=O) groups excluding carboxylic acids is 1. The van der Waals surface area contributed by atoms with Crippen LogP contribution in [0.1, 0.15) is 0 Å². The molecule has 16 heavy (non-hydrogen) atoms. The largest absolute Gasteiger partial charge is 0.317 e. The van der Waals surface area contributed by atoms with Gasteiger partial charge in [-0.15, -0.1) is 0 Å². The van der Waals surface area contributed by atoms with Crippen LogP contribution >= 0.6 is 11.8 Å². The summed E-state index contributed by atoms with van der Waals surface area (Å²) in [5.41, 5.74) is 0.634. The molecule has 0 spiro atoms. The number of nitrogens with one attached hydrogen (secondary N) is 1. The van der Waals surface area contributed by atoms with Crippen molar-refractivity contribution in [3.63, 3.8) is 0 Å². The first-order chi connectivity index (χ1) is 7.37. The lowest BCUT2D eigenvalue weighted by Crippen LogP contribution is -2.25. The summed E-state index contributed by atoms with van der Waals surface area (Å²) in [6, 6.07) is 5.78. The van der Waals surface area contributed by atoms with Crippen molar-refractivity contribution >= 4 is 30.8 Å². The summed E-state index contributed by atoms with van der Waals surface area (Å²) in [5.74, 6) is -0.298. The Bertz CT molecular complexity index is 361. The number of halogens is 1. The topological polar surface area (TPSA) is 29.1 Å². The van der Waals surface area contributed by atoms with E-state index in [4.69, 9.17) is 0 Å². The Balaban J connectivity index is 2.43. The van der Waals surface area contributed by atoms with Crippen molar-refractivity contribution in [2.45, 2.75) is 19.6 Å². The van der Waals surface area contributed by atoms with E-state index in [1.165, 1.54) is 23.9 Å². The third-order valence-electron chi connectivity index (χ3n) is 1.73. The predicted molar refractivity (Wildman–Crippen MR) is 71.2 cm³/mol. The first-order valence-corrected chi connectivity index (χ1v) is 9.75. The maximum atomic E-state index is 12.6. The van der Waals surface area contributed by atoms with Crippen LogP contribution in [0.5, 0.6) is 0 Å². The normalized spacial score (nSPS) is 11.2. The van der Waals surface area contributed by atoms with E-state index < -0.39 is 8.07 Å². The van der Waals surface area contributed by atoms with Crippen LogP contribution in [-0.4, -0.2) is 18.7 Å². The number of rotatable bonds is 3. The van der Waals surface area contributed by atoms with Crippen molar-refractivity contribution < 1.29 is 9.18 Å². The minimum Gasteiger partial charge on any atom is -0.317 e. The summed E-state index contributed by atoms with van der Waals surface area (Å²) < 4.78 is 12.6. The summed E-state index contributed by atoms with van der Waals surface area (Å²) >= 11 is 1.30. The molecule has 0 atom stereocenters. The van der Waals surface area contributed by atoms with E-state index in [9.17, 15) is 9.18 Å². The van der Waals surface area contributed by atoms with Gasteiger partial charge in [0.1, 0.15) is 5.82 Å². The first kappa shape index (κ1) is 13.3. The Morgan fingerprint density at radius 1 is 1.31 bits per heavy atom. The summed E-state index contributed by atoms with van der Waals surface area (Å²) in [6.07, 6.45) is 0. The molecule has 0 saturated carbocycles. The molecule has 0 radical (unpaired) electrons. The maximum Gasteiger partial charge on any atom is 0.283 e. The van der Waals surface area contributed by atoms with Gasteiger partial charge in [-0.25, -0.2) is 4.39 Å². The molecule has 1 aromatic carbocycles. The van der Waals surface area contributed by atoms with Crippen molar-refractivity contribution in [1.29, 1.82) is 0 Å². The molecule has 0 bridgehead atoms. The molecule has 0 aliphatic heterocycles. The van der Waals surface area contributed by atoms with Crippen molar-refractivity contribution in [3.8, 4) is 0 Å². The molecule has 0 saturated heterocycles. The van der Waals surface area contributed by atoms with Gasteiger partial charge in [-0.3, -0.25) is 4.79 Å². The zero-order valence-electron chi connectivity index (χ0n) is 9.71. The fraction of sp³-hybridized carbons (Fsp3) is 0.364. The fourth-order valence-corrected chi connectivity index (χ4v) is 3.42. The number of hydrogen-bond acceptors (Lipinski definition) is 2. The van der Waals surface area contributed by atoms with Crippen LogP contribution in [0.25, 0.3) is 0 Å². The van der Waals surface area contributed by atoms with E-state index >= 15 is 0 Å². The van der Waals surface area contributed by atoms with Crippen molar-refractivity contribution in [2.75, 3.05) is 10.7 Å². The number of hydrogen-bond donors (Lipinski definition) is 1. The molecule has 0 heterocycles. The van der Waals surface area contributed by atoms with Gasteiger partial charge in [0.2, 0.25) is 0 Å². The third-order valence-corrected chi connectivity index (χ3v) is 6.13. The van der Waals surface area contributed by atoms with Gasteiger partial charge in [0, 0.05) is 5.69 Å². The monoisotopic (exact) mass is 257 g/mol. The third kappa shape index (κ3) is 5.32. The highest BCUT2D eigenvalue weighted by molar-refractivity contribution is 8.15. The number of benzene rings is 1. The molecular formula is C11H16FNOSSi. The minimum absolute atomic E-state index is 0.0750. The second kappa shape index (κ2) is 5.50. The molecule has 0 aliphatic rings. The maximum absolute atomic E-state index is 12.6. The molecule has 88 valence electrons. The van der Waals surface area contributed by atoms with Gasteiger partial charge in [-0.2, -0.15) is 0 Å². The minimum atomic E-state index is -1.20. The lowest BCUT2D eigenvalue weighted by atomic mass is 10.3. The van der Waals surface area contributed by atoms with Crippen LogP contribution in [0.15, 0.2) is 24.3 Å². The van der Waals surface area contributed by atoms with E-state index in [1.807, 2.05) is 0 Å². The molecule has 0 aromatic heterocycles. The Morgan fingerprint density at radius 3 is 2.38 bits per heavy atom. The summed E-state index contributed by atoms with van der Waals surface area (Å²) in [4.78, 5) is 11.5. The van der Waals surface area contributed by atoms with E-state index in [2.05, 4.69) is 25.0 Å². The number of anilines is 1. The lowest BCUT2D eigenvalue weighted by Gasteiger charge is -2.14. The van der Waals surface area contributed by atoms with Crippen molar-refractivity contribution in [1.82, 2.24) is 0 Å². The van der Waals surface area contributed by atoms with E-state index in [-0.39, 0.29) is 11.1 Å². The van der Waals surface area contributed by atoms with E-state index in [0.29, 0.717) is 5.69 Å². The predicted octanol–water partition coefficient (Wildman–Crippen LogP) is 3.97. The van der Waals surface area contributed by atoms with Crippen LogP contribution in [0, 0.1) is 5.82 Å². The second-order valence-electron chi connectivity index (χ2n) is 4.77. The van der Waals surface area contributed by atoms with Crippen molar-refractivity contribution in [2.24, 2.45) is 0 Å². The van der Waals surface area contributed by atoms with Crippen LogP contribution in [0.3, 0.4) is 0 Å². The highest BCUT2D eigenvalue weighted by atomic mass is 32.2. The molecule has 1 aromatic rings. The van der Waals surface area contributed by atoms with Crippen LogP contribution in [0.4, 0.5) is 14.9 Å². The van der Waals surface area contributed by atoms with Gasteiger partial charge in [0.05, 0.1) is 8.07 Å². The van der Waals surface area contributed by atoms with Crippen molar-refractivity contribution in [3.05, 3.63) is 30.1 Å². The van der Waals surface area contributed by atoms with Crippen LogP contribution in [-0.2, 0) is 0 Å². The zero-order valence-corrected chi connectivity index (χ0v) is 11.5. The van der Waals surface area contributed by atoms with Crippen LogP contribution < -0.4 is 5.32 Å². The molecule has 0 aliphatic carbocycles. The summed E-state index contributed by atoms with van der Waals surface area (Å²) in [5, 5.41) is 3.54. The van der Waals surface area contributed by atoms with Gasteiger partial charge in [0.25, 0.3) is 5.24 Å². The molecule has 1 N–H and O–H groups in total. The van der Waals surface area contributed by atoms with Gasteiger partial charge >= 0.3 is 0 Å². The van der Waals surface area contributed by atoms with E-state index in [1.54, 1.807) is 12.1 Å². The molecular weight excluding hydrogens is 241 g/mol. The molecule has 2 nitrogen and oxygen atoms in total. The molecule has 1 amide bonds. The smallest absolute Gasteiger partial charge is 0.283 e. The van der Waals surface area contributed by atoms with Gasteiger partial charge < -0.3 is 5.32 Å². The fourth-order valence-electron chi connectivity index (χ4n) is 0.969. The van der Waals surface area contributed by atoms with E-state index in [0.717, 1.165) is 5.38 Å². The number of amides is 1. The molecule has 5 heteroatoms. The average Bonchev–Trinajstić information content (AvgIpc) is 2.18. The second-order valence-corrected chi connectivity index (χ2v) is 11.7. The zero-order chi connectivity index (χ0) is 12.2. The number of thioether (sulfide) groups is 1. The highest BCUT2D eigenvalue weighted by Gasteiger charge is 2.15. The molecule has 0 fully saturated rings. The Kier molecular flexibility index (Phi) is 4.55. The molecule has 1 rings (SSSR count). The van der Waals surface area contributed by atoms with Crippen LogP contribution in [0.2, 0.25) is 19.6 Å². The lowest BCUT2D eigenvalue weighted by molar-refractivity contribution is 0.270. The number of carbonyl (C=O) groups is 1.